The van der Waals surface area contributed by atoms with Gasteiger partial charge in [0.05, 0.1) is 4.92 Å². The van der Waals surface area contributed by atoms with Gasteiger partial charge in [-0.1, -0.05) is 23.2 Å². The first-order valence-electron chi connectivity index (χ1n) is 3.26. The number of nitrogens with zero attached hydrogens (tertiary/aromatic N) is 1. The van der Waals surface area contributed by atoms with Crippen LogP contribution in [0.2, 0.25) is 10.0 Å². The molecule has 0 unspecified atom stereocenters. The highest BCUT2D eigenvalue weighted by atomic mass is 35.5. The molecule has 0 bridgehead atoms. The van der Waals surface area contributed by atoms with Gasteiger partial charge in [0, 0.05) is 5.56 Å². The standard InChI is InChI=1S/C7H2Cl3NO3/c8-4-1-3(7(10)12)2-5(9)6(4)11(13)14/h1-2H. The van der Waals surface area contributed by atoms with Crippen LogP contribution in [0.1, 0.15) is 10.4 Å². The average molecular weight is 254 g/mol. The molecule has 14 heavy (non-hydrogen) atoms. The van der Waals surface area contributed by atoms with Crippen LogP contribution in [-0.4, -0.2) is 10.2 Å². The van der Waals surface area contributed by atoms with E-state index in [1.165, 1.54) is 0 Å². The molecular formula is C7H2Cl3NO3. The van der Waals surface area contributed by atoms with Crippen molar-refractivity contribution < 1.29 is 9.72 Å². The molecule has 1 aromatic carbocycles. The lowest BCUT2D eigenvalue weighted by molar-refractivity contribution is -0.384. The van der Waals surface area contributed by atoms with E-state index in [4.69, 9.17) is 34.8 Å². The number of hydrogen-bond acceptors (Lipinski definition) is 3. The molecule has 0 radical (unpaired) electrons. The molecule has 0 saturated heterocycles. The van der Waals surface area contributed by atoms with Gasteiger partial charge >= 0.3 is 5.69 Å². The van der Waals surface area contributed by atoms with Crippen molar-refractivity contribution in [1.82, 2.24) is 0 Å². The Hall–Kier alpha value is -0.840. The van der Waals surface area contributed by atoms with Crippen molar-refractivity contribution in [2.45, 2.75) is 0 Å². The van der Waals surface area contributed by atoms with E-state index >= 15 is 0 Å². The highest BCUT2D eigenvalue weighted by molar-refractivity contribution is 6.68. The van der Waals surface area contributed by atoms with E-state index < -0.39 is 15.9 Å². The van der Waals surface area contributed by atoms with Gasteiger partial charge < -0.3 is 0 Å². The third kappa shape index (κ3) is 2.15. The minimum Gasteiger partial charge on any atom is -0.276 e. The summed E-state index contributed by atoms with van der Waals surface area (Å²) in [7, 11) is 0. The fourth-order valence-electron chi connectivity index (χ4n) is 0.853. The smallest absolute Gasteiger partial charge is 0.276 e. The van der Waals surface area contributed by atoms with Gasteiger partial charge in [-0.05, 0) is 23.7 Å². The molecule has 0 aromatic heterocycles. The fourth-order valence-corrected chi connectivity index (χ4v) is 1.59. The molecule has 0 N–H and O–H groups in total. The van der Waals surface area contributed by atoms with Gasteiger partial charge in [-0.25, -0.2) is 0 Å². The lowest BCUT2D eigenvalue weighted by atomic mass is 10.2. The van der Waals surface area contributed by atoms with Crippen LogP contribution in [0.4, 0.5) is 5.69 Å². The van der Waals surface area contributed by atoms with E-state index in [2.05, 4.69) is 0 Å². The third-order valence-electron chi connectivity index (χ3n) is 1.43. The molecule has 0 saturated carbocycles. The van der Waals surface area contributed by atoms with Gasteiger partial charge in [0.1, 0.15) is 10.0 Å². The van der Waals surface area contributed by atoms with Gasteiger partial charge in [-0.2, -0.15) is 0 Å². The van der Waals surface area contributed by atoms with Crippen LogP contribution in [0, 0.1) is 10.1 Å². The van der Waals surface area contributed by atoms with Gasteiger partial charge in [-0.3, -0.25) is 14.9 Å². The average Bonchev–Trinajstić information content (AvgIpc) is 2.01. The Morgan fingerprint density at radius 2 is 1.71 bits per heavy atom. The maximum atomic E-state index is 10.7. The monoisotopic (exact) mass is 253 g/mol. The topological polar surface area (TPSA) is 60.2 Å². The molecular weight excluding hydrogens is 252 g/mol. The van der Waals surface area contributed by atoms with Gasteiger partial charge in [0.25, 0.3) is 5.24 Å². The Bertz CT molecular complexity index is 396. The minimum absolute atomic E-state index is 0.0206. The van der Waals surface area contributed by atoms with E-state index in [9.17, 15) is 14.9 Å². The van der Waals surface area contributed by atoms with Crippen LogP contribution in [0.25, 0.3) is 0 Å². The van der Waals surface area contributed by atoms with E-state index in [1.54, 1.807) is 0 Å². The predicted molar refractivity (Wildman–Crippen MR) is 53.3 cm³/mol. The molecule has 0 amide bonds. The van der Waals surface area contributed by atoms with Crippen molar-refractivity contribution in [2.75, 3.05) is 0 Å². The molecule has 0 aliphatic heterocycles. The van der Waals surface area contributed by atoms with Crippen molar-refractivity contribution in [3.05, 3.63) is 37.9 Å². The summed E-state index contributed by atoms with van der Waals surface area (Å²) < 4.78 is 0. The quantitative estimate of drug-likeness (QED) is 0.462. The van der Waals surface area contributed by atoms with Crippen molar-refractivity contribution >= 4 is 45.7 Å². The van der Waals surface area contributed by atoms with Crippen molar-refractivity contribution in [2.24, 2.45) is 0 Å². The number of nitro benzene ring substituents is 1. The normalized spacial score (nSPS) is 9.93. The third-order valence-corrected chi connectivity index (χ3v) is 2.22. The Morgan fingerprint density at radius 1 is 1.29 bits per heavy atom. The molecule has 0 fully saturated rings. The molecule has 0 spiro atoms. The Morgan fingerprint density at radius 3 is 2.00 bits per heavy atom. The maximum Gasteiger partial charge on any atom is 0.306 e. The maximum absolute atomic E-state index is 10.7. The number of nitro groups is 1. The Balaban J connectivity index is 3.39. The van der Waals surface area contributed by atoms with Crippen LogP contribution < -0.4 is 0 Å². The van der Waals surface area contributed by atoms with Crippen LogP contribution in [0.15, 0.2) is 12.1 Å². The minimum atomic E-state index is -0.774. The summed E-state index contributed by atoms with van der Waals surface area (Å²) in [5.41, 5.74) is -0.415. The number of halogens is 3. The first-order chi connectivity index (χ1) is 6.43. The number of carbonyl (C=O) groups excluding carboxylic acids is 1. The molecule has 0 heterocycles. The lowest BCUT2D eigenvalue weighted by Crippen LogP contribution is -1.94. The zero-order valence-corrected chi connectivity index (χ0v) is 8.73. The second kappa shape index (κ2) is 4.13. The Kier molecular flexibility index (Phi) is 3.31. The van der Waals surface area contributed by atoms with E-state index in [0.717, 1.165) is 12.1 Å². The summed E-state index contributed by atoms with van der Waals surface area (Å²) >= 11 is 16.2. The van der Waals surface area contributed by atoms with Gasteiger partial charge in [0.2, 0.25) is 0 Å². The summed E-state index contributed by atoms with van der Waals surface area (Å²) in [4.78, 5) is 20.4. The Labute approximate surface area is 93.5 Å². The summed E-state index contributed by atoms with van der Waals surface area (Å²) in [5, 5.41) is 9.24. The molecule has 0 aliphatic rings. The van der Waals surface area contributed by atoms with Gasteiger partial charge in [-0.15, -0.1) is 0 Å². The number of hydrogen-bond donors (Lipinski definition) is 0. The summed E-state index contributed by atoms with van der Waals surface area (Å²) in [6.45, 7) is 0. The zero-order chi connectivity index (χ0) is 10.9. The van der Waals surface area contributed by atoms with Crippen molar-refractivity contribution in [3.8, 4) is 0 Å². The van der Waals surface area contributed by atoms with E-state index in [-0.39, 0.29) is 15.6 Å². The SMILES string of the molecule is O=C(Cl)c1cc(Cl)c([N+](=O)[O-])c(Cl)c1. The summed E-state index contributed by atoms with van der Waals surface area (Å²) in [6.07, 6.45) is 0. The number of rotatable bonds is 2. The van der Waals surface area contributed by atoms with Crippen molar-refractivity contribution in [3.63, 3.8) is 0 Å². The highest BCUT2D eigenvalue weighted by Crippen LogP contribution is 2.33. The fraction of sp³-hybridized carbons (Fsp3) is 0. The lowest BCUT2D eigenvalue weighted by Gasteiger charge is -1.99. The molecule has 0 aliphatic carbocycles. The predicted octanol–water partition coefficient (Wildman–Crippen LogP) is 3.28. The van der Waals surface area contributed by atoms with Crippen LogP contribution >= 0.6 is 34.8 Å². The molecule has 4 nitrogen and oxygen atoms in total. The zero-order valence-electron chi connectivity index (χ0n) is 6.46. The molecule has 74 valence electrons. The second-order valence-electron chi connectivity index (χ2n) is 2.32. The van der Waals surface area contributed by atoms with Crippen LogP contribution in [0.5, 0.6) is 0 Å². The molecule has 1 rings (SSSR count). The largest absolute Gasteiger partial charge is 0.306 e. The van der Waals surface area contributed by atoms with E-state index in [0.29, 0.717) is 0 Å². The van der Waals surface area contributed by atoms with Crippen molar-refractivity contribution in [1.29, 1.82) is 0 Å². The summed E-state index contributed by atoms with van der Waals surface area (Å²) in [5.74, 6) is 0. The van der Waals surface area contributed by atoms with Crippen LogP contribution in [-0.2, 0) is 0 Å². The number of carbonyl (C=O) groups is 1. The first-order valence-corrected chi connectivity index (χ1v) is 4.40. The second-order valence-corrected chi connectivity index (χ2v) is 3.48. The number of benzene rings is 1. The molecule has 1 aromatic rings. The molecule has 7 heteroatoms. The first kappa shape index (κ1) is 11.2. The van der Waals surface area contributed by atoms with E-state index in [1.807, 2.05) is 0 Å². The molecule has 0 atom stereocenters. The highest BCUT2D eigenvalue weighted by Gasteiger charge is 2.20. The van der Waals surface area contributed by atoms with Gasteiger partial charge in [0.15, 0.2) is 0 Å². The van der Waals surface area contributed by atoms with Crippen LogP contribution in [0.3, 0.4) is 0 Å². The summed E-state index contributed by atoms with van der Waals surface area (Å²) in [6, 6.07) is 2.20.